The molecule has 0 aliphatic carbocycles. The van der Waals surface area contributed by atoms with E-state index in [9.17, 15) is 14.7 Å². The van der Waals surface area contributed by atoms with Gasteiger partial charge < -0.3 is 9.84 Å². The number of hydrogen-bond acceptors (Lipinski definition) is 7. The number of aryl methyl sites for hydroxylation is 1. The number of nitrogens with zero attached hydrogens (tertiary/aromatic N) is 1. The summed E-state index contributed by atoms with van der Waals surface area (Å²) in [5.41, 5.74) is 2.07. The number of carbonyl (C=O) groups is 2. The molecule has 1 aromatic heterocycles. The number of rotatable bonds is 2. The van der Waals surface area contributed by atoms with Crippen molar-refractivity contribution in [3.63, 3.8) is 0 Å². The summed E-state index contributed by atoms with van der Waals surface area (Å²) in [6.07, 6.45) is 6.25. The van der Waals surface area contributed by atoms with Gasteiger partial charge in [-0.1, -0.05) is 25.5 Å². The van der Waals surface area contributed by atoms with Crippen LogP contribution < -0.4 is 5.32 Å². The molecule has 0 spiro atoms. The quantitative estimate of drug-likeness (QED) is 0.468. The van der Waals surface area contributed by atoms with Crippen LogP contribution in [-0.4, -0.2) is 46.1 Å². The number of carbonyl (C=O) groups excluding carboxylic acids is 2. The number of aliphatic hydroxyl groups is 1. The Hall–Kier alpha value is -1.83. The fourth-order valence-corrected chi connectivity index (χ4v) is 4.75. The Labute approximate surface area is 202 Å². The summed E-state index contributed by atoms with van der Waals surface area (Å²) in [5, 5.41) is 16.8. The Morgan fingerprint density at radius 3 is 2.64 bits per heavy atom. The molecule has 1 aliphatic heterocycles. The summed E-state index contributed by atoms with van der Waals surface area (Å²) in [6, 6.07) is 0. The summed E-state index contributed by atoms with van der Waals surface area (Å²) < 4.78 is 5.83. The van der Waals surface area contributed by atoms with Gasteiger partial charge in [-0.25, -0.2) is 4.98 Å². The molecule has 7 heteroatoms. The fraction of sp³-hybridized carbons (Fsp3) is 0.654. The van der Waals surface area contributed by atoms with Crippen LogP contribution in [0, 0.1) is 18.8 Å². The normalized spacial score (nSPS) is 28.8. The van der Waals surface area contributed by atoms with Crippen molar-refractivity contribution in [2.24, 2.45) is 11.8 Å². The lowest BCUT2D eigenvalue weighted by Gasteiger charge is -2.32. The highest BCUT2D eigenvalue weighted by atomic mass is 32.1. The number of Topliss-reactive ketones (excluding diaryl/α,β-unsaturated/α-hetero) is 1. The van der Waals surface area contributed by atoms with E-state index >= 15 is 0 Å². The molecule has 6 nitrogen and oxygen atoms in total. The Balaban J connectivity index is 2.27. The smallest absolute Gasteiger partial charge is 0.320 e. The van der Waals surface area contributed by atoms with Gasteiger partial charge in [0.05, 0.1) is 28.9 Å². The van der Waals surface area contributed by atoms with Crippen molar-refractivity contribution in [2.45, 2.75) is 91.9 Å². The molecule has 4 atom stereocenters. The Kier molecular flexibility index (Phi) is 10.0. The Morgan fingerprint density at radius 1 is 1.30 bits per heavy atom. The van der Waals surface area contributed by atoms with Gasteiger partial charge in [0.1, 0.15) is 6.10 Å². The zero-order chi connectivity index (χ0) is 24.8. The van der Waals surface area contributed by atoms with Crippen molar-refractivity contribution in [1.29, 1.82) is 0 Å². The van der Waals surface area contributed by atoms with Gasteiger partial charge >= 0.3 is 5.97 Å². The molecule has 1 aliphatic rings. The highest BCUT2D eigenvalue weighted by Gasteiger charge is 2.36. The topological polar surface area (TPSA) is 88.5 Å². The lowest BCUT2D eigenvalue weighted by molar-refractivity contribution is -0.146. The SMILES string of the molecule is CC1=CCC(C(C)=Cc2csc(C)n2)OC(=O)CNC(C)(C)C(=O)C(C)C(O)C(C)CCC1. The van der Waals surface area contributed by atoms with E-state index < -0.39 is 29.6 Å². The molecule has 4 unspecified atom stereocenters. The molecule has 0 saturated heterocycles. The first-order valence-corrected chi connectivity index (χ1v) is 12.7. The number of thiazole rings is 1. The second-order valence-electron chi connectivity index (χ2n) is 9.94. The Bertz CT molecular complexity index is 887. The minimum absolute atomic E-state index is 0.0184. The van der Waals surface area contributed by atoms with E-state index in [4.69, 9.17) is 4.74 Å². The minimum Gasteiger partial charge on any atom is -0.457 e. The lowest BCUT2D eigenvalue weighted by Crippen LogP contribution is -2.53. The molecule has 2 rings (SSSR count). The minimum atomic E-state index is -0.953. The maximum absolute atomic E-state index is 13.1. The largest absolute Gasteiger partial charge is 0.457 e. The van der Waals surface area contributed by atoms with Gasteiger partial charge in [0.25, 0.3) is 0 Å². The molecular formula is C26H40N2O4S. The summed E-state index contributed by atoms with van der Waals surface area (Å²) in [4.78, 5) is 30.3. The van der Waals surface area contributed by atoms with Gasteiger partial charge in [-0.05, 0) is 71.4 Å². The van der Waals surface area contributed by atoms with Crippen molar-refractivity contribution in [1.82, 2.24) is 10.3 Å². The zero-order valence-electron chi connectivity index (χ0n) is 21.1. The standard InChI is InChI=1S/C26H40N2O4S/c1-16-9-8-10-17(2)24(30)19(4)25(31)26(6,7)27-14-23(29)32-22(12-11-16)18(3)13-21-15-33-20(5)28-21/h11,13,15,17,19,22,24,27,30H,8-10,12,14H2,1-7H3. The number of esters is 1. The molecule has 2 N–H and O–H groups in total. The van der Waals surface area contributed by atoms with Crippen molar-refractivity contribution in [2.75, 3.05) is 6.54 Å². The molecule has 1 aromatic rings. The van der Waals surface area contributed by atoms with Crippen molar-refractivity contribution in [3.05, 3.63) is 33.3 Å². The molecule has 0 fully saturated rings. The van der Waals surface area contributed by atoms with Crippen molar-refractivity contribution >= 4 is 29.2 Å². The van der Waals surface area contributed by atoms with Crippen LogP contribution in [-0.2, 0) is 14.3 Å². The van der Waals surface area contributed by atoms with Crippen LogP contribution in [0.25, 0.3) is 6.08 Å². The highest BCUT2D eigenvalue weighted by molar-refractivity contribution is 7.09. The summed E-state index contributed by atoms with van der Waals surface area (Å²) in [7, 11) is 0. The van der Waals surface area contributed by atoms with E-state index in [0.717, 1.165) is 35.5 Å². The maximum Gasteiger partial charge on any atom is 0.320 e. The average Bonchev–Trinajstić information content (AvgIpc) is 3.17. The van der Waals surface area contributed by atoms with Gasteiger partial charge in [0.2, 0.25) is 0 Å². The molecule has 2 heterocycles. The van der Waals surface area contributed by atoms with Crippen LogP contribution in [0.15, 0.2) is 22.6 Å². The molecule has 0 amide bonds. The number of nitrogens with one attached hydrogen (secondary N) is 1. The third kappa shape index (κ3) is 8.16. The fourth-order valence-electron chi connectivity index (χ4n) is 4.18. The number of ketones is 1. The third-order valence-corrected chi connectivity index (χ3v) is 7.30. The summed E-state index contributed by atoms with van der Waals surface area (Å²) in [5.74, 6) is -1.03. The van der Waals surface area contributed by atoms with Gasteiger partial charge in [-0.15, -0.1) is 11.3 Å². The summed E-state index contributed by atoms with van der Waals surface area (Å²) in [6.45, 7) is 13.2. The van der Waals surface area contributed by atoms with Crippen LogP contribution in [0.1, 0.15) is 77.9 Å². The number of aromatic nitrogens is 1. The summed E-state index contributed by atoms with van der Waals surface area (Å²) >= 11 is 1.59. The van der Waals surface area contributed by atoms with E-state index in [1.165, 1.54) is 5.57 Å². The molecule has 0 aromatic carbocycles. The first kappa shape index (κ1) is 27.4. The number of aliphatic hydroxyl groups excluding tert-OH is 1. The lowest BCUT2D eigenvalue weighted by atomic mass is 9.81. The number of ether oxygens (including phenoxy) is 1. The van der Waals surface area contributed by atoms with Crippen LogP contribution in [0.2, 0.25) is 0 Å². The van der Waals surface area contributed by atoms with Crippen LogP contribution in [0.3, 0.4) is 0 Å². The van der Waals surface area contributed by atoms with E-state index in [0.29, 0.717) is 6.42 Å². The van der Waals surface area contributed by atoms with E-state index in [2.05, 4.69) is 23.3 Å². The average molecular weight is 477 g/mol. The molecule has 184 valence electrons. The van der Waals surface area contributed by atoms with Gasteiger partial charge in [0, 0.05) is 17.7 Å². The monoisotopic (exact) mass is 476 g/mol. The van der Waals surface area contributed by atoms with Crippen molar-refractivity contribution in [3.8, 4) is 0 Å². The first-order valence-electron chi connectivity index (χ1n) is 11.8. The Morgan fingerprint density at radius 2 is 2.00 bits per heavy atom. The second kappa shape index (κ2) is 12.0. The van der Waals surface area contributed by atoms with E-state index in [-0.39, 0.29) is 18.2 Å². The molecule has 0 radical (unpaired) electrons. The highest BCUT2D eigenvalue weighted by Crippen LogP contribution is 2.25. The molecule has 33 heavy (non-hydrogen) atoms. The van der Waals surface area contributed by atoms with Crippen LogP contribution in [0.5, 0.6) is 0 Å². The number of allylic oxidation sites excluding steroid dienone is 1. The number of cyclic esters (lactones) is 1. The zero-order valence-corrected chi connectivity index (χ0v) is 21.9. The van der Waals surface area contributed by atoms with E-state index in [1.807, 2.05) is 32.2 Å². The van der Waals surface area contributed by atoms with E-state index in [1.54, 1.807) is 32.1 Å². The van der Waals surface area contributed by atoms with Crippen LogP contribution >= 0.6 is 11.3 Å². The molecular weight excluding hydrogens is 436 g/mol. The first-order chi connectivity index (χ1) is 15.4. The molecule has 0 saturated carbocycles. The predicted octanol–water partition coefficient (Wildman–Crippen LogP) is 4.86. The van der Waals surface area contributed by atoms with Crippen LogP contribution in [0.4, 0.5) is 0 Å². The maximum atomic E-state index is 13.1. The second-order valence-corrected chi connectivity index (χ2v) is 11.0. The van der Waals surface area contributed by atoms with Crippen molar-refractivity contribution < 1.29 is 19.4 Å². The van der Waals surface area contributed by atoms with Gasteiger partial charge in [-0.3, -0.25) is 14.9 Å². The third-order valence-electron chi connectivity index (χ3n) is 6.50. The molecule has 0 bridgehead atoms. The predicted molar refractivity (Wildman–Crippen MR) is 134 cm³/mol. The van der Waals surface area contributed by atoms with Gasteiger partial charge in [0.15, 0.2) is 5.78 Å². The van der Waals surface area contributed by atoms with Gasteiger partial charge in [-0.2, -0.15) is 0 Å². The number of hydrogen-bond donors (Lipinski definition) is 2.